The number of rotatable bonds is 5. The largest absolute Gasteiger partial charge is 0.354 e. The Kier molecular flexibility index (Phi) is 2.70. The van der Waals surface area contributed by atoms with Crippen LogP contribution in [0.15, 0.2) is 0 Å². The van der Waals surface area contributed by atoms with Gasteiger partial charge in [0.15, 0.2) is 0 Å². The molecule has 4 nitrogen and oxygen atoms in total. The standard InChI is InChI=1S/C10H16N2O2/c13-9(7-1-2-7)11-5-6-12-10(14)8-3-4-8/h7-8H,1-6H2,(H,11,13)(H,12,14). The second-order valence-corrected chi connectivity index (χ2v) is 4.13. The first-order chi connectivity index (χ1) is 6.77. The van der Waals surface area contributed by atoms with Crippen LogP contribution < -0.4 is 10.6 Å². The van der Waals surface area contributed by atoms with E-state index in [1.165, 1.54) is 0 Å². The highest BCUT2D eigenvalue weighted by Gasteiger charge is 2.30. The molecule has 0 heterocycles. The van der Waals surface area contributed by atoms with E-state index in [0.717, 1.165) is 25.7 Å². The molecule has 2 fully saturated rings. The van der Waals surface area contributed by atoms with Crippen molar-refractivity contribution in [3.63, 3.8) is 0 Å². The molecular formula is C10H16N2O2. The first-order valence-electron chi connectivity index (χ1n) is 5.33. The van der Waals surface area contributed by atoms with Crippen molar-refractivity contribution in [2.24, 2.45) is 11.8 Å². The molecule has 0 radical (unpaired) electrons. The van der Waals surface area contributed by atoms with E-state index in [9.17, 15) is 9.59 Å². The average Bonchev–Trinajstić information content (AvgIpc) is 3.06. The van der Waals surface area contributed by atoms with Gasteiger partial charge in [-0.1, -0.05) is 0 Å². The molecule has 78 valence electrons. The molecule has 2 aliphatic carbocycles. The van der Waals surface area contributed by atoms with Gasteiger partial charge in [-0.2, -0.15) is 0 Å². The van der Waals surface area contributed by atoms with Crippen molar-refractivity contribution in [1.29, 1.82) is 0 Å². The summed E-state index contributed by atoms with van der Waals surface area (Å²) >= 11 is 0. The van der Waals surface area contributed by atoms with E-state index >= 15 is 0 Å². The van der Waals surface area contributed by atoms with Crippen LogP contribution in [0.3, 0.4) is 0 Å². The maximum absolute atomic E-state index is 11.2. The lowest BCUT2D eigenvalue weighted by atomic mass is 10.4. The maximum Gasteiger partial charge on any atom is 0.223 e. The Labute approximate surface area is 83.4 Å². The van der Waals surface area contributed by atoms with Crippen molar-refractivity contribution in [2.45, 2.75) is 25.7 Å². The fourth-order valence-corrected chi connectivity index (χ4v) is 1.35. The summed E-state index contributed by atoms with van der Waals surface area (Å²) in [6.07, 6.45) is 4.11. The summed E-state index contributed by atoms with van der Waals surface area (Å²) in [5, 5.41) is 5.61. The summed E-state index contributed by atoms with van der Waals surface area (Å²) in [6, 6.07) is 0. The molecule has 0 bridgehead atoms. The minimum atomic E-state index is 0.144. The number of carbonyl (C=O) groups excluding carboxylic acids is 2. The van der Waals surface area contributed by atoms with Crippen molar-refractivity contribution >= 4 is 11.8 Å². The molecule has 0 unspecified atom stereocenters. The molecule has 0 atom stereocenters. The fraction of sp³-hybridized carbons (Fsp3) is 0.800. The lowest BCUT2D eigenvalue weighted by Gasteiger charge is -2.05. The lowest BCUT2D eigenvalue weighted by Crippen LogP contribution is -2.35. The van der Waals surface area contributed by atoms with E-state index < -0.39 is 0 Å². The molecule has 14 heavy (non-hydrogen) atoms. The van der Waals surface area contributed by atoms with Crippen LogP contribution in [0.2, 0.25) is 0 Å². The van der Waals surface area contributed by atoms with E-state index in [-0.39, 0.29) is 23.7 Å². The maximum atomic E-state index is 11.2. The molecule has 2 amide bonds. The van der Waals surface area contributed by atoms with E-state index in [0.29, 0.717) is 13.1 Å². The van der Waals surface area contributed by atoms with Gasteiger partial charge in [-0.3, -0.25) is 9.59 Å². The Morgan fingerprint density at radius 1 is 0.857 bits per heavy atom. The summed E-state index contributed by atoms with van der Waals surface area (Å²) in [5.41, 5.74) is 0. The summed E-state index contributed by atoms with van der Waals surface area (Å²) in [5.74, 6) is 0.805. The Hall–Kier alpha value is -1.06. The predicted molar refractivity (Wildman–Crippen MR) is 51.5 cm³/mol. The van der Waals surface area contributed by atoms with Crippen LogP contribution in [0.5, 0.6) is 0 Å². The zero-order chi connectivity index (χ0) is 9.97. The molecule has 0 aromatic rings. The monoisotopic (exact) mass is 196 g/mol. The molecule has 0 spiro atoms. The highest BCUT2D eigenvalue weighted by molar-refractivity contribution is 5.81. The summed E-state index contributed by atoms with van der Waals surface area (Å²) < 4.78 is 0. The van der Waals surface area contributed by atoms with Crippen LogP contribution in [0.25, 0.3) is 0 Å². The third kappa shape index (κ3) is 2.72. The van der Waals surface area contributed by atoms with Crippen molar-refractivity contribution in [1.82, 2.24) is 10.6 Å². The minimum absolute atomic E-state index is 0.144. The van der Waals surface area contributed by atoms with Crippen LogP contribution in [-0.2, 0) is 9.59 Å². The van der Waals surface area contributed by atoms with E-state index in [2.05, 4.69) is 10.6 Å². The van der Waals surface area contributed by atoms with Gasteiger partial charge in [-0.25, -0.2) is 0 Å². The van der Waals surface area contributed by atoms with Gasteiger partial charge in [-0.05, 0) is 25.7 Å². The van der Waals surface area contributed by atoms with Gasteiger partial charge < -0.3 is 10.6 Å². The molecule has 2 N–H and O–H groups in total. The summed E-state index contributed by atoms with van der Waals surface area (Å²) in [6.45, 7) is 1.13. The highest BCUT2D eigenvalue weighted by Crippen LogP contribution is 2.29. The number of carbonyl (C=O) groups is 2. The smallest absolute Gasteiger partial charge is 0.223 e. The van der Waals surface area contributed by atoms with Gasteiger partial charge in [0.05, 0.1) is 0 Å². The zero-order valence-electron chi connectivity index (χ0n) is 8.21. The molecule has 0 aromatic heterocycles. The SMILES string of the molecule is O=C(NCCNC(=O)C1CC1)C1CC1. The number of amides is 2. The third-order valence-electron chi connectivity index (χ3n) is 2.62. The van der Waals surface area contributed by atoms with Gasteiger partial charge in [0.1, 0.15) is 0 Å². The molecule has 0 saturated heterocycles. The fourth-order valence-electron chi connectivity index (χ4n) is 1.35. The Balaban J connectivity index is 1.49. The molecule has 2 aliphatic rings. The average molecular weight is 196 g/mol. The molecule has 0 aliphatic heterocycles. The van der Waals surface area contributed by atoms with Crippen LogP contribution in [0, 0.1) is 11.8 Å². The second kappa shape index (κ2) is 3.98. The van der Waals surface area contributed by atoms with Crippen LogP contribution in [0.4, 0.5) is 0 Å². The second-order valence-electron chi connectivity index (χ2n) is 4.13. The Morgan fingerprint density at radius 3 is 1.50 bits per heavy atom. The predicted octanol–water partition coefficient (Wildman–Crippen LogP) is 0.0388. The van der Waals surface area contributed by atoms with Crippen molar-refractivity contribution < 1.29 is 9.59 Å². The van der Waals surface area contributed by atoms with Gasteiger partial charge in [-0.15, -0.1) is 0 Å². The van der Waals surface area contributed by atoms with E-state index in [1.807, 2.05) is 0 Å². The summed E-state index contributed by atoms with van der Waals surface area (Å²) in [4.78, 5) is 22.3. The quantitative estimate of drug-likeness (QED) is 0.610. The first kappa shape index (κ1) is 9.49. The topological polar surface area (TPSA) is 58.2 Å². The third-order valence-corrected chi connectivity index (χ3v) is 2.62. The van der Waals surface area contributed by atoms with Gasteiger partial charge in [0.25, 0.3) is 0 Å². The molecule has 2 saturated carbocycles. The lowest BCUT2D eigenvalue weighted by molar-refractivity contribution is -0.124. The van der Waals surface area contributed by atoms with Gasteiger partial charge >= 0.3 is 0 Å². The Bertz CT molecular complexity index is 219. The van der Waals surface area contributed by atoms with Gasteiger partial charge in [0.2, 0.25) is 11.8 Å². The minimum Gasteiger partial charge on any atom is -0.354 e. The Morgan fingerprint density at radius 2 is 1.21 bits per heavy atom. The number of hydrogen-bond donors (Lipinski definition) is 2. The van der Waals surface area contributed by atoms with Crippen LogP contribution in [-0.4, -0.2) is 24.9 Å². The van der Waals surface area contributed by atoms with Crippen LogP contribution in [0.1, 0.15) is 25.7 Å². The number of hydrogen-bond acceptors (Lipinski definition) is 2. The van der Waals surface area contributed by atoms with Crippen LogP contribution >= 0.6 is 0 Å². The van der Waals surface area contributed by atoms with Crippen molar-refractivity contribution in [3.05, 3.63) is 0 Å². The molecule has 4 heteroatoms. The van der Waals surface area contributed by atoms with Crippen molar-refractivity contribution in [2.75, 3.05) is 13.1 Å². The van der Waals surface area contributed by atoms with E-state index in [4.69, 9.17) is 0 Å². The number of nitrogens with one attached hydrogen (secondary N) is 2. The summed E-state index contributed by atoms with van der Waals surface area (Å²) in [7, 11) is 0. The first-order valence-corrected chi connectivity index (χ1v) is 5.33. The van der Waals surface area contributed by atoms with Gasteiger partial charge in [0, 0.05) is 24.9 Å². The molecule has 0 aromatic carbocycles. The zero-order valence-corrected chi connectivity index (χ0v) is 8.21. The highest BCUT2D eigenvalue weighted by atomic mass is 16.2. The normalized spacial score (nSPS) is 20.3. The van der Waals surface area contributed by atoms with E-state index in [1.54, 1.807) is 0 Å². The molecular weight excluding hydrogens is 180 g/mol. The molecule has 2 rings (SSSR count). The van der Waals surface area contributed by atoms with Crippen molar-refractivity contribution in [3.8, 4) is 0 Å².